The smallest absolute Gasteiger partial charge is 0.289 e. The molecule has 2 heterocycles. The number of furan rings is 1. The van der Waals surface area contributed by atoms with Crippen LogP contribution in [0.15, 0.2) is 47.1 Å². The van der Waals surface area contributed by atoms with Gasteiger partial charge in [0.25, 0.3) is 11.8 Å². The third kappa shape index (κ3) is 2.85. The van der Waals surface area contributed by atoms with Gasteiger partial charge in [-0.1, -0.05) is 23.7 Å². The molecule has 0 atom stereocenters. The molecule has 1 aromatic heterocycles. The molecule has 0 N–H and O–H groups in total. The molecule has 0 unspecified atom stereocenters. The topological polar surface area (TPSA) is 53.8 Å². The fourth-order valence-electron chi connectivity index (χ4n) is 2.47. The maximum absolute atomic E-state index is 12.4. The zero-order valence-electron chi connectivity index (χ0n) is 11.9. The fraction of sp³-hybridized carbons (Fsp3) is 0.250. The van der Waals surface area contributed by atoms with Crippen molar-refractivity contribution in [1.82, 2.24) is 9.80 Å². The van der Waals surface area contributed by atoms with Crippen molar-refractivity contribution in [1.29, 1.82) is 0 Å². The van der Waals surface area contributed by atoms with Gasteiger partial charge in [-0.15, -0.1) is 0 Å². The summed E-state index contributed by atoms with van der Waals surface area (Å²) in [4.78, 5) is 28.0. The summed E-state index contributed by atoms with van der Waals surface area (Å²) in [5.41, 5.74) is 0.495. The largest absolute Gasteiger partial charge is 0.459 e. The minimum atomic E-state index is -0.144. The van der Waals surface area contributed by atoms with Crippen LogP contribution in [0.1, 0.15) is 20.9 Å². The van der Waals surface area contributed by atoms with Crippen molar-refractivity contribution in [2.45, 2.75) is 0 Å². The van der Waals surface area contributed by atoms with E-state index in [2.05, 4.69) is 0 Å². The van der Waals surface area contributed by atoms with Gasteiger partial charge in [-0.2, -0.15) is 0 Å². The van der Waals surface area contributed by atoms with Crippen molar-refractivity contribution in [2.75, 3.05) is 26.2 Å². The number of hydrogen-bond donors (Lipinski definition) is 0. The maximum atomic E-state index is 12.4. The maximum Gasteiger partial charge on any atom is 0.289 e. The summed E-state index contributed by atoms with van der Waals surface area (Å²) in [6, 6.07) is 10.3. The van der Waals surface area contributed by atoms with Crippen molar-refractivity contribution in [3.8, 4) is 0 Å². The molecular formula is C16H15ClN2O3. The number of carbonyl (C=O) groups is 2. The second-order valence-electron chi connectivity index (χ2n) is 5.04. The highest BCUT2D eigenvalue weighted by atomic mass is 35.5. The molecule has 1 aliphatic heterocycles. The molecule has 1 saturated heterocycles. The van der Waals surface area contributed by atoms with Gasteiger partial charge in [0.15, 0.2) is 5.76 Å². The van der Waals surface area contributed by atoms with Crippen molar-refractivity contribution in [2.24, 2.45) is 0 Å². The number of carbonyl (C=O) groups excluding carboxylic acids is 2. The molecule has 2 aromatic rings. The lowest BCUT2D eigenvalue weighted by Crippen LogP contribution is -2.50. The number of rotatable bonds is 2. The SMILES string of the molecule is O=C(c1ccco1)N1CCN(C(=O)c2ccccc2Cl)CC1. The Morgan fingerprint density at radius 3 is 2.14 bits per heavy atom. The summed E-state index contributed by atoms with van der Waals surface area (Å²) in [6.45, 7) is 1.93. The Kier molecular flexibility index (Phi) is 4.15. The molecule has 1 aliphatic rings. The molecule has 1 fully saturated rings. The lowest BCUT2D eigenvalue weighted by Gasteiger charge is -2.34. The van der Waals surface area contributed by atoms with E-state index >= 15 is 0 Å². The van der Waals surface area contributed by atoms with Gasteiger partial charge in [-0.05, 0) is 24.3 Å². The van der Waals surface area contributed by atoms with Gasteiger partial charge in [0, 0.05) is 26.2 Å². The molecule has 0 saturated carbocycles. The van der Waals surface area contributed by atoms with Gasteiger partial charge in [-0.25, -0.2) is 0 Å². The number of halogens is 1. The number of amides is 2. The van der Waals surface area contributed by atoms with Crippen LogP contribution >= 0.6 is 11.6 Å². The zero-order valence-corrected chi connectivity index (χ0v) is 12.6. The van der Waals surface area contributed by atoms with Crippen molar-refractivity contribution < 1.29 is 14.0 Å². The molecule has 3 rings (SSSR count). The van der Waals surface area contributed by atoms with Crippen molar-refractivity contribution in [3.05, 3.63) is 59.0 Å². The monoisotopic (exact) mass is 318 g/mol. The predicted octanol–water partition coefficient (Wildman–Crippen LogP) is 2.53. The first kappa shape index (κ1) is 14.7. The third-order valence-electron chi connectivity index (χ3n) is 3.69. The van der Waals surface area contributed by atoms with Crippen molar-refractivity contribution in [3.63, 3.8) is 0 Å². The van der Waals surface area contributed by atoms with Gasteiger partial charge < -0.3 is 14.2 Å². The van der Waals surface area contributed by atoms with Crippen LogP contribution in [0.2, 0.25) is 5.02 Å². The number of hydrogen-bond acceptors (Lipinski definition) is 3. The molecule has 0 spiro atoms. The van der Waals surface area contributed by atoms with Gasteiger partial charge in [0.05, 0.1) is 16.8 Å². The van der Waals surface area contributed by atoms with Crippen LogP contribution in [0.25, 0.3) is 0 Å². The first-order chi connectivity index (χ1) is 10.7. The Bertz CT molecular complexity index is 676. The van der Waals surface area contributed by atoms with E-state index in [1.807, 2.05) is 0 Å². The Balaban J connectivity index is 1.63. The second kappa shape index (κ2) is 6.23. The molecule has 0 bridgehead atoms. The van der Waals surface area contributed by atoms with Crippen LogP contribution in [0.3, 0.4) is 0 Å². The molecule has 22 heavy (non-hydrogen) atoms. The predicted molar refractivity (Wildman–Crippen MR) is 82.0 cm³/mol. The minimum Gasteiger partial charge on any atom is -0.459 e. The zero-order chi connectivity index (χ0) is 15.5. The third-order valence-corrected chi connectivity index (χ3v) is 4.02. The summed E-state index contributed by atoms with van der Waals surface area (Å²) in [6.07, 6.45) is 1.48. The molecule has 1 aromatic carbocycles. The van der Waals surface area contributed by atoms with Gasteiger partial charge in [0.2, 0.25) is 0 Å². The highest BCUT2D eigenvalue weighted by molar-refractivity contribution is 6.33. The van der Waals surface area contributed by atoms with E-state index in [1.54, 1.807) is 46.2 Å². The van der Waals surface area contributed by atoms with Crippen LogP contribution < -0.4 is 0 Å². The Morgan fingerprint density at radius 1 is 0.909 bits per heavy atom. The Labute approximate surface area is 133 Å². The van der Waals surface area contributed by atoms with E-state index in [4.69, 9.17) is 16.0 Å². The molecule has 6 heteroatoms. The molecule has 0 radical (unpaired) electrons. The van der Waals surface area contributed by atoms with Crippen LogP contribution in [0.5, 0.6) is 0 Å². The highest BCUT2D eigenvalue weighted by Gasteiger charge is 2.27. The first-order valence-electron chi connectivity index (χ1n) is 7.03. The number of benzene rings is 1. The van der Waals surface area contributed by atoms with Crippen molar-refractivity contribution >= 4 is 23.4 Å². The summed E-state index contributed by atoms with van der Waals surface area (Å²) in [5.74, 6) is 0.0800. The average molecular weight is 319 g/mol. The van der Waals surface area contributed by atoms with E-state index in [-0.39, 0.29) is 11.8 Å². The summed E-state index contributed by atoms with van der Waals surface area (Å²) >= 11 is 6.06. The number of nitrogens with zero attached hydrogens (tertiary/aromatic N) is 2. The lowest BCUT2D eigenvalue weighted by atomic mass is 10.1. The van der Waals surface area contributed by atoms with Gasteiger partial charge >= 0.3 is 0 Å². The van der Waals surface area contributed by atoms with Crippen LogP contribution in [0, 0.1) is 0 Å². The second-order valence-corrected chi connectivity index (χ2v) is 5.45. The summed E-state index contributed by atoms with van der Waals surface area (Å²) in [7, 11) is 0. The Morgan fingerprint density at radius 2 is 1.55 bits per heavy atom. The molecular weight excluding hydrogens is 304 g/mol. The average Bonchev–Trinajstić information content (AvgIpc) is 3.09. The highest BCUT2D eigenvalue weighted by Crippen LogP contribution is 2.18. The molecule has 2 amide bonds. The Hall–Kier alpha value is -2.27. The standard InChI is InChI=1S/C16H15ClN2O3/c17-13-5-2-1-4-12(13)15(20)18-7-9-19(10-8-18)16(21)14-6-3-11-22-14/h1-6,11H,7-10H2. The van der Waals surface area contributed by atoms with Crippen LogP contribution in [0.4, 0.5) is 0 Å². The van der Waals surface area contributed by atoms with E-state index in [9.17, 15) is 9.59 Å². The fourth-order valence-corrected chi connectivity index (χ4v) is 2.69. The number of piperazine rings is 1. The normalized spacial score (nSPS) is 15.0. The van der Waals surface area contributed by atoms with E-state index in [1.165, 1.54) is 6.26 Å². The molecule has 114 valence electrons. The van der Waals surface area contributed by atoms with Crippen LogP contribution in [-0.4, -0.2) is 47.8 Å². The van der Waals surface area contributed by atoms with Crippen LogP contribution in [-0.2, 0) is 0 Å². The lowest BCUT2D eigenvalue weighted by molar-refractivity contribution is 0.0518. The van der Waals surface area contributed by atoms with Gasteiger partial charge in [-0.3, -0.25) is 9.59 Å². The molecule has 0 aliphatic carbocycles. The first-order valence-corrected chi connectivity index (χ1v) is 7.41. The van der Waals surface area contributed by atoms with E-state index < -0.39 is 0 Å². The summed E-state index contributed by atoms with van der Waals surface area (Å²) < 4.78 is 5.12. The van der Waals surface area contributed by atoms with E-state index in [0.29, 0.717) is 42.5 Å². The molecule has 5 nitrogen and oxygen atoms in total. The minimum absolute atomic E-state index is 0.101. The summed E-state index contributed by atoms with van der Waals surface area (Å²) in [5, 5.41) is 0.446. The van der Waals surface area contributed by atoms with Gasteiger partial charge in [0.1, 0.15) is 0 Å². The quantitative estimate of drug-likeness (QED) is 0.855. The van der Waals surface area contributed by atoms with E-state index in [0.717, 1.165) is 0 Å².